The minimum Gasteiger partial charge on any atom is -0.480 e. The van der Waals surface area contributed by atoms with Crippen LogP contribution in [0.15, 0.2) is 0 Å². The third kappa shape index (κ3) is 18.7. The van der Waals surface area contributed by atoms with E-state index in [1.54, 1.807) is 41.5 Å². The molecule has 0 saturated carbocycles. The summed E-state index contributed by atoms with van der Waals surface area (Å²) in [5.74, 6) is -8.20. The fraction of sp³-hybridized carbons (Fsp3) is 0.727. The minimum atomic E-state index is -1.59. The number of nitrogens with two attached hydrogens (primary N) is 2. The van der Waals surface area contributed by atoms with Crippen LogP contribution in [0.5, 0.6) is 0 Å². The van der Waals surface area contributed by atoms with Crippen LogP contribution in [0.2, 0.25) is 0 Å². The molecule has 308 valence electrons. The maximum atomic E-state index is 12.9. The first-order valence-electron chi connectivity index (χ1n) is 17.8. The van der Waals surface area contributed by atoms with Crippen molar-refractivity contribution in [2.75, 3.05) is 32.8 Å². The van der Waals surface area contributed by atoms with E-state index in [2.05, 4.69) is 42.5 Å². The molecule has 14 N–H and O–H groups in total. The quantitative estimate of drug-likeness (QED) is 0.0389. The number of hydrogen-bond acceptors (Lipinski definition) is 12. The zero-order valence-electron chi connectivity index (χ0n) is 32.1. The molecule has 0 bridgehead atoms. The second-order valence-corrected chi connectivity index (χ2v) is 13.7. The Morgan fingerprint density at radius 1 is 0.537 bits per heavy atom. The Hall–Kier alpha value is -4.89. The number of carbonyl (C=O) groups is 9. The van der Waals surface area contributed by atoms with Gasteiger partial charge in [0.25, 0.3) is 0 Å². The van der Waals surface area contributed by atoms with E-state index in [-0.39, 0.29) is 18.3 Å². The zero-order valence-corrected chi connectivity index (χ0v) is 32.1. The molecule has 21 heteroatoms. The number of unbranched alkanes of at least 4 members (excludes halogenated alkanes) is 1. The summed E-state index contributed by atoms with van der Waals surface area (Å²) in [6.07, 6.45) is 1.03. The van der Waals surface area contributed by atoms with Gasteiger partial charge in [0, 0.05) is 0 Å². The third-order valence-electron chi connectivity index (χ3n) is 7.97. The molecule has 0 saturated heterocycles. The van der Waals surface area contributed by atoms with Gasteiger partial charge >= 0.3 is 5.97 Å². The van der Waals surface area contributed by atoms with Crippen molar-refractivity contribution in [2.24, 2.45) is 29.2 Å². The Balaban J connectivity index is 5.04. The van der Waals surface area contributed by atoms with Crippen molar-refractivity contribution in [2.45, 2.75) is 104 Å². The molecule has 0 rings (SSSR count). The number of rotatable bonds is 25. The van der Waals surface area contributed by atoms with Crippen molar-refractivity contribution in [1.82, 2.24) is 42.5 Å². The van der Waals surface area contributed by atoms with E-state index in [1.165, 1.54) is 6.92 Å². The van der Waals surface area contributed by atoms with Crippen LogP contribution in [-0.2, 0) is 43.2 Å². The number of hydrogen-bond donors (Lipinski definition) is 12. The Kier molecular flexibility index (Phi) is 22.9. The highest BCUT2D eigenvalue weighted by Gasteiger charge is 2.30. The molecule has 0 fully saturated rings. The van der Waals surface area contributed by atoms with Crippen molar-refractivity contribution in [1.29, 1.82) is 0 Å². The number of nitrogens with one attached hydrogen (secondary N) is 8. The van der Waals surface area contributed by atoms with Gasteiger partial charge in [0.1, 0.15) is 30.2 Å². The number of aliphatic hydroxyl groups excluding tert-OH is 1. The number of carboxylic acids is 1. The van der Waals surface area contributed by atoms with Gasteiger partial charge in [-0.2, -0.15) is 0 Å². The number of amides is 8. The van der Waals surface area contributed by atoms with Crippen LogP contribution >= 0.6 is 0 Å². The molecule has 0 aromatic carbocycles. The van der Waals surface area contributed by atoms with Crippen LogP contribution in [0.4, 0.5) is 0 Å². The normalized spacial score (nSPS) is 14.4. The molecule has 0 spiro atoms. The first kappa shape index (κ1) is 49.1. The molecule has 6 unspecified atom stereocenters. The summed E-state index contributed by atoms with van der Waals surface area (Å²) in [7, 11) is 0. The molecule has 0 heterocycles. The number of carbonyl (C=O) groups excluding carboxylic acids is 8. The van der Waals surface area contributed by atoms with E-state index < -0.39 is 122 Å². The summed E-state index contributed by atoms with van der Waals surface area (Å²) >= 11 is 0. The summed E-state index contributed by atoms with van der Waals surface area (Å²) in [4.78, 5) is 112. The Morgan fingerprint density at radius 2 is 1.00 bits per heavy atom. The maximum Gasteiger partial charge on any atom is 0.328 e. The topological polar surface area (TPSA) is 342 Å². The van der Waals surface area contributed by atoms with E-state index >= 15 is 0 Å². The Bertz CT molecular complexity index is 1310. The predicted molar refractivity (Wildman–Crippen MR) is 194 cm³/mol. The number of aliphatic hydroxyl groups is 1. The largest absolute Gasteiger partial charge is 0.480 e. The van der Waals surface area contributed by atoms with Crippen LogP contribution < -0.4 is 54.0 Å². The first-order valence-corrected chi connectivity index (χ1v) is 17.8. The minimum absolute atomic E-state index is 0.101. The van der Waals surface area contributed by atoms with E-state index in [9.17, 15) is 48.3 Å². The van der Waals surface area contributed by atoms with E-state index in [0.717, 1.165) is 0 Å². The summed E-state index contributed by atoms with van der Waals surface area (Å²) in [6.45, 7) is 9.27. The van der Waals surface area contributed by atoms with Gasteiger partial charge in [-0.15, -0.1) is 0 Å². The summed E-state index contributed by atoms with van der Waals surface area (Å²) in [5, 5.41) is 37.4. The molecule has 21 nitrogen and oxygen atoms in total. The molecule has 0 aliphatic heterocycles. The third-order valence-corrected chi connectivity index (χ3v) is 7.97. The van der Waals surface area contributed by atoms with E-state index in [4.69, 9.17) is 16.6 Å². The summed E-state index contributed by atoms with van der Waals surface area (Å²) < 4.78 is 0. The molecule has 54 heavy (non-hydrogen) atoms. The lowest BCUT2D eigenvalue weighted by Gasteiger charge is -2.24. The van der Waals surface area contributed by atoms with Gasteiger partial charge in [0.15, 0.2) is 0 Å². The summed E-state index contributed by atoms with van der Waals surface area (Å²) in [5.41, 5.74) is 11.3. The Morgan fingerprint density at radius 3 is 1.44 bits per heavy atom. The van der Waals surface area contributed by atoms with Crippen molar-refractivity contribution >= 4 is 53.2 Å². The lowest BCUT2D eigenvalue weighted by atomic mass is 10.0. The fourth-order valence-corrected chi connectivity index (χ4v) is 4.54. The fourth-order valence-electron chi connectivity index (χ4n) is 4.54. The number of aliphatic carboxylic acids is 1. The lowest BCUT2D eigenvalue weighted by molar-refractivity contribution is -0.143. The lowest BCUT2D eigenvalue weighted by Crippen LogP contribution is -2.56. The zero-order chi connectivity index (χ0) is 41.7. The number of carboxylic acid groups (broad SMARTS) is 1. The van der Waals surface area contributed by atoms with E-state index in [1.807, 2.05) is 0 Å². The predicted octanol–water partition coefficient (Wildman–Crippen LogP) is -4.72. The highest BCUT2D eigenvalue weighted by Crippen LogP contribution is 2.06. The van der Waals surface area contributed by atoms with Gasteiger partial charge in [0.05, 0.1) is 32.3 Å². The van der Waals surface area contributed by atoms with E-state index in [0.29, 0.717) is 19.4 Å². The highest BCUT2D eigenvalue weighted by atomic mass is 16.4. The molecule has 0 aromatic rings. The molecule has 0 aliphatic rings. The van der Waals surface area contributed by atoms with Crippen molar-refractivity contribution < 1.29 is 53.4 Å². The summed E-state index contributed by atoms with van der Waals surface area (Å²) in [6, 6.07) is -6.84. The van der Waals surface area contributed by atoms with Crippen molar-refractivity contribution in [3.05, 3.63) is 0 Å². The monoisotopic (exact) mass is 772 g/mol. The Labute approximate surface area is 315 Å². The smallest absolute Gasteiger partial charge is 0.328 e. The molecule has 0 aromatic heterocycles. The van der Waals surface area contributed by atoms with Crippen molar-refractivity contribution in [3.8, 4) is 0 Å². The first-order chi connectivity index (χ1) is 25.2. The van der Waals surface area contributed by atoms with Crippen LogP contribution in [0.1, 0.15) is 67.7 Å². The van der Waals surface area contributed by atoms with Gasteiger partial charge in [-0.05, 0) is 50.5 Å². The molecular weight excluding hydrogens is 712 g/mol. The van der Waals surface area contributed by atoms with Crippen LogP contribution in [-0.4, -0.2) is 132 Å². The average Bonchev–Trinajstić information content (AvgIpc) is 3.10. The molecule has 0 aliphatic carbocycles. The van der Waals surface area contributed by atoms with Crippen molar-refractivity contribution in [3.63, 3.8) is 0 Å². The van der Waals surface area contributed by atoms with Gasteiger partial charge < -0.3 is 64.2 Å². The molecular formula is C33H60N10O11. The van der Waals surface area contributed by atoms with Crippen LogP contribution in [0.25, 0.3) is 0 Å². The molecule has 6 atom stereocenters. The van der Waals surface area contributed by atoms with Gasteiger partial charge in [-0.1, -0.05) is 41.5 Å². The second-order valence-electron chi connectivity index (χ2n) is 13.7. The molecule has 8 amide bonds. The highest BCUT2D eigenvalue weighted by molar-refractivity contribution is 5.96. The maximum absolute atomic E-state index is 12.9. The average molecular weight is 773 g/mol. The van der Waals surface area contributed by atoms with Gasteiger partial charge in [0.2, 0.25) is 47.3 Å². The SMILES string of the molecule is CC(NC(=O)CNC(=O)C(NC(=O)C(N)C(C)C)C(C)C)C(=O)NCC(=O)NC(C(=O)NCC(=O)NC(CCCCN)C(=O)NC(CO)C(=O)O)C(C)C. The van der Waals surface area contributed by atoms with Crippen LogP contribution in [0.3, 0.4) is 0 Å². The second kappa shape index (κ2) is 25.2. The van der Waals surface area contributed by atoms with Gasteiger partial charge in [-0.3, -0.25) is 38.4 Å². The van der Waals surface area contributed by atoms with Crippen LogP contribution in [0, 0.1) is 17.8 Å². The molecule has 0 radical (unpaired) electrons. The standard InChI is InChI=1S/C33H60N10O11/c1-16(2)25(35)30(50)43-27(18(5)6)32(52)37-12-22(45)39-19(7)28(48)36-14-24(47)42-26(17(3)4)31(51)38-13-23(46)40-20(10-8-9-11-34)29(49)41-21(15-44)33(53)54/h16-21,25-27,44H,8-15,34-35H2,1-7H3,(H,36,48)(H,37,52)(H,38,51)(H,39,45)(H,40,46)(H,41,49)(H,42,47)(H,43,50)(H,53,54). The van der Waals surface area contributed by atoms with Gasteiger partial charge in [-0.25, -0.2) is 4.79 Å².